The Labute approximate surface area is 117 Å². The van der Waals surface area contributed by atoms with Crippen LogP contribution in [0.25, 0.3) is 11.0 Å². The van der Waals surface area contributed by atoms with Crippen molar-refractivity contribution in [3.8, 4) is 0 Å². The number of rotatable bonds is 6. The second-order valence-electron chi connectivity index (χ2n) is 4.82. The van der Waals surface area contributed by atoms with E-state index in [1.807, 2.05) is 17.8 Å². The molecule has 2 nitrogen and oxygen atoms in total. The molecule has 0 aliphatic heterocycles. The maximum absolute atomic E-state index is 13.2. The van der Waals surface area contributed by atoms with Gasteiger partial charge in [-0.05, 0) is 36.1 Å². The molecular weight excluding hydrogens is 261 g/mol. The fraction of sp³-hybridized carbons (Fsp3) is 0.467. The van der Waals surface area contributed by atoms with Gasteiger partial charge in [0, 0.05) is 11.1 Å². The van der Waals surface area contributed by atoms with Crippen molar-refractivity contribution in [2.75, 3.05) is 12.3 Å². The van der Waals surface area contributed by atoms with Crippen LogP contribution in [-0.4, -0.2) is 17.5 Å². The molecule has 0 aliphatic carbocycles. The Morgan fingerprint density at radius 3 is 2.79 bits per heavy atom. The fourth-order valence-corrected chi connectivity index (χ4v) is 2.84. The summed E-state index contributed by atoms with van der Waals surface area (Å²) in [6, 6.07) is 6.74. The minimum atomic E-state index is -0.226. The third-order valence-electron chi connectivity index (χ3n) is 2.89. The van der Waals surface area contributed by atoms with Crippen LogP contribution >= 0.6 is 11.8 Å². The van der Waals surface area contributed by atoms with E-state index in [0.717, 1.165) is 29.0 Å². The van der Waals surface area contributed by atoms with Gasteiger partial charge in [0.2, 0.25) is 0 Å². The lowest BCUT2D eigenvalue weighted by Gasteiger charge is -2.16. The normalized spacial score (nSPS) is 13.3. The van der Waals surface area contributed by atoms with E-state index in [-0.39, 0.29) is 11.9 Å². The molecule has 4 heteroatoms. The first-order valence-electron chi connectivity index (χ1n) is 6.64. The molecule has 1 unspecified atom stereocenters. The summed E-state index contributed by atoms with van der Waals surface area (Å²) in [7, 11) is 0. The highest BCUT2D eigenvalue weighted by Crippen LogP contribution is 2.27. The van der Waals surface area contributed by atoms with Gasteiger partial charge in [-0.15, -0.1) is 0 Å². The monoisotopic (exact) mass is 281 g/mol. The molecular formula is C15H20FNOS. The Morgan fingerprint density at radius 1 is 1.32 bits per heavy atom. The number of hydrogen-bond acceptors (Lipinski definition) is 3. The number of benzene rings is 1. The first kappa shape index (κ1) is 14.4. The molecule has 0 spiro atoms. The highest BCUT2D eigenvalue weighted by Gasteiger charge is 2.16. The van der Waals surface area contributed by atoms with Gasteiger partial charge in [0.15, 0.2) is 0 Å². The van der Waals surface area contributed by atoms with Crippen molar-refractivity contribution in [3.05, 3.63) is 35.8 Å². The smallest absolute Gasteiger partial charge is 0.134 e. The average Bonchev–Trinajstić information content (AvgIpc) is 2.76. The van der Waals surface area contributed by atoms with Crippen LogP contribution in [-0.2, 0) is 0 Å². The number of thioether (sulfide) groups is 1. The number of nitrogens with one attached hydrogen (secondary N) is 1. The van der Waals surface area contributed by atoms with Crippen molar-refractivity contribution in [2.45, 2.75) is 32.1 Å². The predicted molar refractivity (Wildman–Crippen MR) is 80.2 cm³/mol. The Hall–Kier alpha value is -1.00. The Morgan fingerprint density at radius 2 is 2.11 bits per heavy atom. The van der Waals surface area contributed by atoms with Gasteiger partial charge in [0.25, 0.3) is 0 Å². The van der Waals surface area contributed by atoms with Crippen LogP contribution in [0.2, 0.25) is 0 Å². The van der Waals surface area contributed by atoms with Gasteiger partial charge in [-0.1, -0.05) is 20.8 Å². The molecule has 104 valence electrons. The van der Waals surface area contributed by atoms with Crippen LogP contribution in [0.3, 0.4) is 0 Å². The van der Waals surface area contributed by atoms with Crippen molar-refractivity contribution in [3.63, 3.8) is 0 Å². The molecule has 1 N–H and O–H groups in total. The van der Waals surface area contributed by atoms with Crippen molar-refractivity contribution < 1.29 is 8.81 Å². The van der Waals surface area contributed by atoms with Crippen LogP contribution in [0.1, 0.15) is 32.6 Å². The van der Waals surface area contributed by atoms with Crippen LogP contribution in [0.4, 0.5) is 4.39 Å². The molecule has 0 saturated carbocycles. The fourth-order valence-electron chi connectivity index (χ4n) is 1.98. The van der Waals surface area contributed by atoms with E-state index in [9.17, 15) is 4.39 Å². The maximum atomic E-state index is 13.2. The first-order chi connectivity index (χ1) is 9.10. The van der Waals surface area contributed by atoms with Crippen LogP contribution < -0.4 is 5.32 Å². The van der Waals surface area contributed by atoms with Crippen molar-refractivity contribution in [1.29, 1.82) is 0 Å². The van der Waals surface area contributed by atoms with E-state index >= 15 is 0 Å². The number of fused-ring (bicyclic) bond motifs is 1. The molecule has 0 aliphatic rings. The summed E-state index contributed by atoms with van der Waals surface area (Å²) in [6.45, 7) is 7.33. The van der Waals surface area contributed by atoms with Crippen molar-refractivity contribution >= 4 is 22.7 Å². The average molecular weight is 281 g/mol. The van der Waals surface area contributed by atoms with Crippen LogP contribution in [0.5, 0.6) is 0 Å². The Balaban J connectivity index is 2.22. The molecule has 2 aromatic rings. The molecule has 0 radical (unpaired) electrons. The van der Waals surface area contributed by atoms with Gasteiger partial charge in [-0.25, -0.2) is 4.39 Å². The van der Waals surface area contributed by atoms with E-state index in [1.54, 1.807) is 6.07 Å². The lowest BCUT2D eigenvalue weighted by Crippen LogP contribution is -2.23. The van der Waals surface area contributed by atoms with Gasteiger partial charge in [0.1, 0.15) is 17.2 Å². The van der Waals surface area contributed by atoms with Gasteiger partial charge >= 0.3 is 0 Å². The number of hydrogen-bond donors (Lipinski definition) is 1. The number of halogens is 1. The summed E-state index contributed by atoms with van der Waals surface area (Å²) in [5.74, 6) is 1.61. The SMILES string of the molecule is CCNC(CSC(C)C)c1cc2cc(F)ccc2o1. The molecule has 1 aromatic heterocycles. The van der Waals surface area contributed by atoms with E-state index in [1.165, 1.54) is 12.1 Å². The van der Waals surface area contributed by atoms with E-state index in [2.05, 4.69) is 26.1 Å². The summed E-state index contributed by atoms with van der Waals surface area (Å²) in [5, 5.41) is 4.83. The zero-order valence-electron chi connectivity index (χ0n) is 11.6. The lowest BCUT2D eigenvalue weighted by molar-refractivity contribution is 0.463. The Bertz CT molecular complexity index is 538. The molecule has 1 aromatic carbocycles. The first-order valence-corrected chi connectivity index (χ1v) is 7.69. The minimum Gasteiger partial charge on any atom is -0.459 e. The minimum absolute atomic E-state index is 0.174. The highest BCUT2D eigenvalue weighted by atomic mass is 32.2. The quantitative estimate of drug-likeness (QED) is 0.851. The molecule has 1 heterocycles. The van der Waals surface area contributed by atoms with Gasteiger partial charge in [0.05, 0.1) is 6.04 Å². The summed E-state index contributed by atoms with van der Waals surface area (Å²) in [6.07, 6.45) is 0. The third-order valence-corrected chi connectivity index (χ3v) is 4.08. The highest BCUT2D eigenvalue weighted by molar-refractivity contribution is 7.99. The summed E-state index contributed by atoms with van der Waals surface area (Å²) in [4.78, 5) is 0. The predicted octanol–water partition coefficient (Wildman–Crippen LogP) is 4.36. The summed E-state index contributed by atoms with van der Waals surface area (Å²) >= 11 is 1.89. The van der Waals surface area contributed by atoms with E-state index in [4.69, 9.17) is 4.42 Å². The Kier molecular flexibility index (Phi) is 4.88. The van der Waals surface area contributed by atoms with Crippen molar-refractivity contribution in [1.82, 2.24) is 5.32 Å². The maximum Gasteiger partial charge on any atom is 0.134 e. The zero-order chi connectivity index (χ0) is 13.8. The molecule has 0 bridgehead atoms. The zero-order valence-corrected chi connectivity index (χ0v) is 12.4. The van der Waals surface area contributed by atoms with Crippen molar-refractivity contribution in [2.24, 2.45) is 0 Å². The molecule has 0 saturated heterocycles. The second kappa shape index (κ2) is 6.44. The largest absolute Gasteiger partial charge is 0.459 e. The van der Waals surface area contributed by atoms with E-state index < -0.39 is 0 Å². The summed E-state index contributed by atoms with van der Waals surface area (Å²) in [5.41, 5.74) is 0.744. The van der Waals surface area contributed by atoms with E-state index in [0.29, 0.717) is 5.25 Å². The molecule has 19 heavy (non-hydrogen) atoms. The standard InChI is InChI=1S/C15H20FNOS/c1-4-17-13(9-19-10(2)3)15-8-11-7-12(16)5-6-14(11)18-15/h5-8,10,13,17H,4,9H2,1-3H3. The van der Waals surface area contributed by atoms with Gasteiger partial charge < -0.3 is 9.73 Å². The second-order valence-corrected chi connectivity index (χ2v) is 6.43. The van der Waals surface area contributed by atoms with Crippen LogP contribution in [0, 0.1) is 5.82 Å². The van der Waals surface area contributed by atoms with Gasteiger partial charge in [-0.2, -0.15) is 11.8 Å². The topological polar surface area (TPSA) is 25.2 Å². The molecule has 2 rings (SSSR count). The van der Waals surface area contributed by atoms with Crippen LogP contribution in [0.15, 0.2) is 28.7 Å². The third kappa shape index (κ3) is 3.74. The van der Waals surface area contributed by atoms with Gasteiger partial charge in [-0.3, -0.25) is 0 Å². The molecule has 0 fully saturated rings. The molecule has 0 amide bonds. The molecule has 1 atom stereocenters. The number of furan rings is 1. The lowest BCUT2D eigenvalue weighted by atomic mass is 10.2. The summed E-state index contributed by atoms with van der Waals surface area (Å²) < 4.78 is 19.0.